The van der Waals surface area contributed by atoms with Crippen LogP contribution in [0.25, 0.3) is 165 Å². The largest absolute Gasteiger partial charge is 0.485 e. The van der Waals surface area contributed by atoms with Crippen molar-refractivity contribution in [3.05, 3.63) is 323 Å². The van der Waals surface area contributed by atoms with Crippen LogP contribution in [0.4, 0.5) is 0 Å². The zero-order chi connectivity index (χ0) is 74.0. The average Bonchev–Trinajstić information content (AvgIpc) is 1.25. The van der Waals surface area contributed by atoms with Crippen LogP contribution in [0, 0.1) is 0 Å². The number of hydrogen-bond acceptors (Lipinski definition) is 17. The van der Waals surface area contributed by atoms with E-state index >= 15 is 0 Å². The highest BCUT2D eigenvalue weighted by molar-refractivity contribution is 7.21. The highest BCUT2D eigenvalue weighted by atomic mass is 32.1. The number of para-hydroxylation sites is 8. The van der Waals surface area contributed by atoms with Gasteiger partial charge >= 0.3 is 0 Å². The molecule has 4 atom stereocenters. The number of benzene rings is 11. The fraction of sp³-hybridized carbons (Fsp3) is 0.0645. The van der Waals surface area contributed by atoms with E-state index < -0.39 is 5.60 Å². The van der Waals surface area contributed by atoms with Gasteiger partial charge in [0, 0.05) is 89.2 Å². The van der Waals surface area contributed by atoms with Gasteiger partial charge in [0.15, 0.2) is 28.2 Å². The molecular weight excluding hydrogens is 1440 g/mol. The molecule has 0 saturated heterocycles. The zero-order valence-corrected chi connectivity index (χ0v) is 61.2. The van der Waals surface area contributed by atoms with Crippen molar-refractivity contribution in [2.45, 2.75) is 30.2 Å². The lowest BCUT2D eigenvalue weighted by atomic mass is 9.84. The van der Waals surface area contributed by atoms with Gasteiger partial charge in [-0.2, -0.15) is 5.10 Å². The van der Waals surface area contributed by atoms with Gasteiger partial charge in [0.1, 0.15) is 57.6 Å². The van der Waals surface area contributed by atoms with E-state index in [0.29, 0.717) is 62.2 Å². The average molecular weight is 1500 g/mol. The van der Waals surface area contributed by atoms with E-state index in [2.05, 4.69) is 188 Å². The minimum absolute atomic E-state index is 0.0619. The first-order chi connectivity index (χ1) is 55.9. The van der Waals surface area contributed by atoms with Crippen molar-refractivity contribution >= 4 is 109 Å². The summed E-state index contributed by atoms with van der Waals surface area (Å²) in [7, 11) is 0. The van der Waals surface area contributed by atoms with E-state index in [1.807, 2.05) is 109 Å². The normalized spacial score (nSPS) is 16.5. The molecule has 536 valence electrons. The van der Waals surface area contributed by atoms with Gasteiger partial charge in [0.25, 0.3) is 0 Å². The molecule has 3 aliphatic heterocycles. The second-order valence-corrected chi connectivity index (χ2v) is 30.8. The summed E-state index contributed by atoms with van der Waals surface area (Å²) in [5.41, 5.74) is 19.0. The molecule has 0 aliphatic carbocycles. The summed E-state index contributed by atoms with van der Waals surface area (Å²) >= 11 is 3.04. The third-order valence-electron chi connectivity index (χ3n) is 22.5. The van der Waals surface area contributed by atoms with Crippen LogP contribution in [0.1, 0.15) is 63.0 Å². The molecule has 20 heteroatoms. The second kappa shape index (κ2) is 24.9. The fourth-order valence-corrected chi connectivity index (χ4v) is 19.0. The quantitative estimate of drug-likeness (QED) is 0.0891. The van der Waals surface area contributed by atoms with Crippen molar-refractivity contribution in [1.82, 2.24) is 65.5 Å². The molecule has 21 aromatic rings. The number of nitrogens with zero attached hydrogens (tertiary/aromatic N) is 9. The van der Waals surface area contributed by atoms with Crippen LogP contribution in [-0.4, -0.2) is 66.8 Å². The molecule has 10 aromatic heterocycles. The van der Waals surface area contributed by atoms with Crippen molar-refractivity contribution < 1.29 is 23.2 Å². The van der Waals surface area contributed by atoms with E-state index in [0.717, 1.165) is 165 Å². The van der Waals surface area contributed by atoms with Gasteiger partial charge in [-0.15, -0.1) is 22.7 Å². The Hall–Kier alpha value is -14.3. The van der Waals surface area contributed by atoms with Gasteiger partial charge in [-0.3, -0.25) is 10.4 Å². The van der Waals surface area contributed by atoms with Crippen molar-refractivity contribution in [3.8, 4) is 95.4 Å². The van der Waals surface area contributed by atoms with Gasteiger partial charge in [0.2, 0.25) is 11.4 Å². The van der Waals surface area contributed by atoms with Crippen LogP contribution >= 0.6 is 22.7 Å². The Bertz CT molecular complexity index is 7480. The molecule has 113 heavy (non-hydrogen) atoms. The van der Waals surface area contributed by atoms with Gasteiger partial charge in [-0.1, -0.05) is 187 Å². The monoisotopic (exact) mass is 1500 g/mol. The Labute approximate surface area is 649 Å². The first kappa shape index (κ1) is 63.6. The van der Waals surface area contributed by atoms with Crippen molar-refractivity contribution in [3.63, 3.8) is 0 Å². The Morgan fingerprint density at radius 3 is 2.15 bits per heavy atom. The number of ether oxygens (including phenoxy) is 3. The highest BCUT2D eigenvalue weighted by Gasteiger charge is 2.47. The number of H-pyrrole nitrogens is 3. The molecule has 0 radical (unpaired) electrons. The number of fused-ring (bicyclic) bond motifs is 11. The first-order valence-corrected chi connectivity index (χ1v) is 39.1. The molecule has 0 spiro atoms. The van der Waals surface area contributed by atoms with Crippen LogP contribution in [0.15, 0.2) is 288 Å². The number of aromatic amines is 3. The fourth-order valence-electron chi connectivity index (χ4n) is 17.4. The number of rotatable bonds is 12. The van der Waals surface area contributed by atoms with Crippen LogP contribution < -0.4 is 19.5 Å². The maximum Gasteiger partial charge on any atom is 0.210 e. The third kappa shape index (κ3) is 9.96. The third-order valence-corrected chi connectivity index (χ3v) is 24.4. The molecular formula is C93H57N13O5S2. The summed E-state index contributed by atoms with van der Waals surface area (Å²) in [5.74, 6) is 4.44. The number of pyridine rings is 2. The summed E-state index contributed by atoms with van der Waals surface area (Å²) in [5, 5.41) is 27.1. The molecule has 11 aromatic carbocycles. The minimum atomic E-state index is -1.37. The predicted molar refractivity (Wildman–Crippen MR) is 441 cm³/mol. The molecule has 4 N–H and O–H groups in total. The van der Waals surface area contributed by atoms with E-state index in [9.17, 15) is 0 Å². The maximum atomic E-state index is 7.51. The van der Waals surface area contributed by atoms with E-state index in [1.54, 1.807) is 12.4 Å². The molecule has 0 bridgehead atoms. The van der Waals surface area contributed by atoms with E-state index in [4.69, 9.17) is 58.2 Å². The zero-order valence-electron chi connectivity index (χ0n) is 59.6. The molecule has 0 fully saturated rings. The smallest absolute Gasteiger partial charge is 0.210 e. The number of imidazole rings is 1. The summed E-state index contributed by atoms with van der Waals surface area (Å²) < 4.78 is 35.1. The summed E-state index contributed by atoms with van der Waals surface area (Å²) in [6.07, 6.45) is 3.98. The molecule has 0 saturated carbocycles. The number of nitrogens with one attached hydrogen (secondary N) is 4. The second-order valence-electron chi connectivity index (χ2n) is 28.8. The molecule has 18 nitrogen and oxygen atoms in total. The lowest BCUT2D eigenvalue weighted by molar-refractivity contribution is 0.0180. The minimum Gasteiger partial charge on any atom is -0.485 e. The molecule has 24 rings (SSSR count). The van der Waals surface area contributed by atoms with Gasteiger partial charge < -0.3 is 33.1 Å². The Morgan fingerprint density at radius 1 is 0.504 bits per heavy atom. The van der Waals surface area contributed by atoms with Crippen LogP contribution in [0.5, 0.6) is 17.2 Å². The van der Waals surface area contributed by atoms with Crippen LogP contribution in [0.3, 0.4) is 0 Å². The molecule has 4 unspecified atom stereocenters. The number of hydrogen-bond donors (Lipinski definition) is 4. The molecule has 0 amide bonds. The summed E-state index contributed by atoms with van der Waals surface area (Å²) in [4.78, 5) is 45.4. The number of furan rings is 1. The van der Waals surface area contributed by atoms with Crippen LogP contribution in [0.2, 0.25) is 0 Å². The summed E-state index contributed by atoms with van der Waals surface area (Å²) in [6, 6.07) is 88.7. The van der Waals surface area contributed by atoms with E-state index in [-0.39, 0.29) is 24.8 Å². The SMILES string of the molecule is c1ccc2c(c1)CC(c1c(C3NC(c4c(-c5cccc6[nH]nc(-c7cccc8nc(-c9nc(-c%10cc%11ccccc%11c(-c%11cc%12ccccc%12nc%11C%11(c%12ccc%13sc(-c%14oncc%14-c%14nccs%14)nc%13c%12)COc%12ccccc%12O%11)n%10)nc%10ccccc9%10)[nH]c78)c56)[nH]c5ccccc45)c4ccccc43)oc3ccccc13)O2. The van der Waals surface area contributed by atoms with Crippen molar-refractivity contribution in [2.24, 2.45) is 0 Å². The summed E-state index contributed by atoms with van der Waals surface area (Å²) in [6.45, 7) is 0.0619. The lowest BCUT2D eigenvalue weighted by Gasteiger charge is -2.39. The highest BCUT2D eigenvalue weighted by Crippen LogP contribution is 2.54. The van der Waals surface area contributed by atoms with Gasteiger partial charge in [-0.05, 0) is 101 Å². The molecule has 13 heterocycles. The number of aromatic nitrogens is 12. The molecule has 3 aliphatic rings. The van der Waals surface area contributed by atoms with Gasteiger partial charge in [0.05, 0.1) is 73.0 Å². The Kier molecular flexibility index (Phi) is 14.0. The Morgan fingerprint density at radius 2 is 1.26 bits per heavy atom. The van der Waals surface area contributed by atoms with Crippen molar-refractivity contribution in [2.75, 3.05) is 6.61 Å². The first-order valence-electron chi connectivity index (χ1n) is 37.4. The standard InChI is InChI=1S/C93H57N13O5S2/c1-4-22-53-49(19-1)44-69(97-79(53)61-43-50-20-2-10-30-63(50)98-88(61)93(48-107-72-37-15-16-38-73(72)110-93)52-39-40-75-68(46-52)101-92(113-75)86-62(47-95-111-86)91-94-41-42-112-91)89-99-65-32-12-8-26-57(65)85(104-89)90-100-67-34-18-29-60(80(67)103-90)83-76-59(28-17-33-66(76)105-106-83)82-78(56-25-7-11-31-64(56)96-82)81-54-23-5-6-24-55(54)84(102-81)87-77(58-27-9-14-36-71(58)109-87)74-45-51-21-3-13-35-70(51)108-74/h1-44,46-47,74,81,84,96,102H,45,48H2,(H,100,103)(H,105,106). The van der Waals surface area contributed by atoms with Gasteiger partial charge in [-0.25, -0.2) is 34.9 Å². The Balaban J connectivity index is 0.633. The van der Waals surface area contributed by atoms with Crippen LogP contribution in [-0.2, 0) is 12.0 Å². The maximum absolute atomic E-state index is 7.51. The van der Waals surface area contributed by atoms with Crippen molar-refractivity contribution in [1.29, 1.82) is 0 Å². The number of thiazole rings is 2. The lowest BCUT2D eigenvalue weighted by Crippen LogP contribution is -2.44. The van der Waals surface area contributed by atoms with E-state index in [1.165, 1.54) is 28.2 Å². The predicted octanol–water partition coefficient (Wildman–Crippen LogP) is 21.6. The topological polar surface area (TPSA) is 229 Å².